The minimum Gasteiger partial charge on any atom is -0.256 e. The molecule has 0 atom stereocenters. The minimum absolute atomic E-state index is 0.662. The molecule has 0 saturated carbocycles. The number of pyridine rings is 2. The van der Waals surface area contributed by atoms with Crippen molar-refractivity contribution >= 4 is 32.3 Å². The molecule has 0 bridgehead atoms. The summed E-state index contributed by atoms with van der Waals surface area (Å²) in [5.74, 6) is 0.662. The fourth-order valence-corrected chi connectivity index (χ4v) is 7.66. The molecule has 4 heteroatoms. The fourth-order valence-electron chi connectivity index (χ4n) is 7.66. The third-order valence-electron chi connectivity index (χ3n) is 10.2. The maximum Gasteiger partial charge on any atom is 0.160 e. The molecule has 7 aromatic carbocycles. The Bertz CT molecular complexity index is 2790. The van der Waals surface area contributed by atoms with Gasteiger partial charge in [0.15, 0.2) is 5.82 Å². The van der Waals surface area contributed by atoms with Crippen LogP contribution < -0.4 is 0 Å². The first-order valence-electron chi connectivity index (χ1n) is 18.1. The first-order valence-corrected chi connectivity index (χ1v) is 18.1. The third-order valence-corrected chi connectivity index (χ3v) is 10.2. The maximum absolute atomic E-state index is 5.38. The molecular weight excluding hydrogens is 657 g/mol. The van der Waals surface area contributed by atoms with Gasteiger partial charge in [-0.05, 0) is 73.8 Å². The lowest BCUT2D eigenvalue weighted by molar-refractivity contribution is 1.19. The number of fused-ring (bicyclic) bond motifs is 3. The van der Waals surface area contributed by atoms with Crippen LogP contribution in [0.1, 0.15) is 0 Å². The Morgan fingerprint density at radius 3 is 1.30 bits per heavy atom. The monoisotopic (exact) mass is 688 g/mol. The van der Waals surface area contributed by atoms with E-state index in [0.29, 0.717) is 5.82 Å². The van der Waals surface area contributed by atoms with Gasteiger partial charge in [0.2, 0.25) is 0 Å². The molecule has 0 spiro atoms. The standard InChI is InChI=1S/C50H32N4/c1-2-14-38-33(12-1)13-11-19-39(38)48-40-15-3-5-17-42(40)49(43-18-6-4-16-41(43)48)47-32-46(36-24-22-34(23-25-36)44-20-7-9-30-51-44)53-50(54-47)37-28-26-35(27-29-37)45-21-8-10-31-52-45/h1-32H. The van der Waals surface area contributed by atoms with E-state index in [-0.39, 0.29) is 0 Å². The second-order valence-electron chi connectivity index (χ2n) is 13.4. The number of hydrogen-bond acceptors (Lipinski definition) is 4. The van der Waals surface area contributed by atoms with Crippen LogP contribution in [0.3, 0.4) is 0 Å². The molecule has 3 aromatic heterocycles. The molecule has 0 aliphatic rings. The molecule has 0 fully saturated rings. The van der Waals surface area contributed by atoms with E-state index in [4.69, 9.17) is 9.97 Å². The molecule has 0 saturated heterocycles. The van der Waals surface area contributed by atoms with Crippen molar-refractivity contribution in [3.8, 4) is 67.5 Å². The molecule has 0 unspecified atom stereocenters. The van der Waals surface area contributed by atoms with Crippen LogP contribution in [-0.4, -0.2) is 19.9 Å². The van der Waals surface area contributed by atoms with Gasteiger partial charge in [-0.2, -0.15) is 0 Å². The first kappa shape index (κ1) is 31.4. The molecule has 4 nitrogen and oxygen atoms in total. The lowest BCUT2D eigenvalue weighted by Gasteiger charge is -2.19. The van der Waals surface area contributed by atoms with Gasteiger partial charge < -0.3 is 0 Å². The van der Waals surface area contributed by atoms with Gasteiger partial charge in [-0.25, -0.2) is 9.97 Å². The van der Waals surface area contributed by atoms with Gasteiger partial charge >= 0.3 is 0 Å². The zero-order valence-electron chi connectivity index (χ0n) is 29.3. The van der Waals surface area contributed by atoms with Gasteiger partial charge in [0.05, 0.1) is 22.8 Å². The number of hydrogen-bond donors (Lipinski definition) is 0. The lowest BCUT2D eigenvalue weighted by atomic mass is 9.85. The van der Waals surface area contributed by atoms with Crippen molar-refractivity contribution in [3.63, 3.8) is 0 Å². The third kappa shape index (κ3) is 5.58. The quantitative estimate of drug-likeness (QED) is 0.163. The minimum atomic E-state index is 0.662. The average molecular weight is 689 g/mol. The second-order valence-corrected chi connectivity index (χ2v) is 13.4. The Kier molecular flexibility index (Phi) is 7.77. The van der Waals surface area contributed by atoms with Crippen molar-refractivity contribution in [2.45, 2.75) is 0 Å². The van der Waals surface area contributed by atoms with Crippen molar-refractivity contribution in [3.05, 3.63) is 194 Å². The summed E-state index contributed by atoms with van der Waals surface area (Å²) < 4.78 is 0. The van der Waals surface area contributed by atoms with Crippen LogP contribution in [0.4, 0.5) is 0 Å². The highest BCUT2D eigenvalue weighted by Gasteiger charge is 2.20. The summed E-state index contributed by atoms with van der Waals surface area (Å²) >= 11 is 0. The van der Waals surface area contributed by atoms with E-state index >= 15 is 0 Å². The zero-order valence-corrected chi connectivity index (χ0v) is 29.3. The summed E-state index contributed by atoms with van der Waals surface area (Å²) in [5.41, 5.74) is 11.2. The summed E-state index contributed by atoms with van der Waals surface area (Å²) in [6, 6.07) is 63.7. The molecule has 0 aliphatic heterocycles. The van der Waals surface area contributed by atoms with E-state index < -0.39 is 0 Å². The average Bonchev–Trinajstić information content (AvgIpc) is 3.26. The number of benzene rings is 7. The highest BCUT2D eigenvalue weighted by molar-refractivity contribution is 6.23. The van der Waals surface area contributed by atoms with E-state index in [9.17, 15) is 0 Å². The van der Waals surface area contributed by atoms with Crippen molar-refractivity contribution in [1.82, 2.24) is 19.9 Å². The highest BCUT2D eigenvalue weighted by Crippen LogP contribution is 2.45. The molecular formula is C50H32N4. The molecule has 3 heterocycles. The van der Waals surface area contributed by atoms with Gasteiger partial charge in [0, 0.05) is 40.2 Å². The van der Waals surface area contributed by atoms with Crippen molar-refractivity contribution in [2.24, 2.45) is 0 Å². The van der Waals surface area contributed by atoms with Crippen LogP contribution in [0, 0.1) is 0 Å². The Hall–Kier alpha value is -7.30. The predicted molar refractivity (Wildman–Crippen MR) is 223 cm³/mol. The van der Waals surface area contributed by atoms with Crippen LogP contribution >= 0.6 is 0 Å². The van der Waals surface area contributed by atoms with Crippen LogP contribution in [0.25, 0.3) is 99.9 Å². The molecule has 252 valence electrons. The molecule has 0 N–H and O–H groups in total. The molecule has 0 radical (unpaired) electrons. The molecule has 0 amide bonds. The SMILES string of the molecule is c1ccc(-c2ccc(-c3cc(-c4c5ccccc5c(-c5cccc6ccccc56)c5ccccc45)nc(-c4ccc(-c5ccccn5)cc4)n3)cc2)nc1. The summed E-state index contributed by atoms with van der Waals surface area (Å²) in [7, 11) is 0. The molecule has 0 aliphatic carbocycles. The van der Waals surface area contributed by atoms with Crippen LogP contribution in [0.2, 0.25) is 0 Å². The van der Waals surface area contributed by atoms with Gasteiger partial charge in [0.25, 0.3) is 0 Å². The van der Waals surface area contributed by atoms with E-state index in [0.717, 1.165) is 61.4 Å². The van der Waals surface area contributed by atoms with Gasteiger partial charge in [-0.3, -0.25) is 9.97 Å². The molecule has 10 aromatic rings. The summed E-state index contributed by atoms with van der Waals surface area (Å²) in [6.45, 7) is 0. The lowest BCUT2D eigenvalue weighted by Crippen LogP contribution is -1.98. The van der Waals surface area contributed by atoms with Crippen molar-refractivity contribution in [1.29, 1.82) is 0 Å². The first-order chi connectivity index (χ1) is 26.8. The zero-order chi connectivity index (χ0) is 35.8. The topological polar surface area (TPSA) is 51.6 Å². The predicted octanol–water partition coefficient (Wildman–Crippen LogP) is 12.7. The second kappa shape index (κ2) is 13.4. The summed E-state index contributed by atoms with van der Waals surface area (Å²) in [6.07, 6.45) is 3.65. The van der Waals surface area contributed by atoms with Crippen LogP contribution in [-0.2, 0) is 0 Å². The summed E-state index contributed by atoms with van der Waals surface area (Å²) in [5, 5.41) is 7.11. The van der Waals surface area contributed by atoms with E-state index in [2.05, 4.69) is 156 Å². The molecule has 54 heavy (non-hydrogen) atoms. The van der Waals surface area contributed by atoms with Gasteiger partial charge in [0.1, 0.15) is 0 Å². The van der Waals surface area contributed by atoms with Crippen molar-refractivity contribution < 1.29 is 0 Å². The number of rotatable bonds is 6. The molecule has 10 rings (SSSR count). The van der Waals surface area contributed by atoms with Crippen LogP contribution in [0.5, 0.6) is 0 Å². The fraction of sp³-hybridized carbons (Fsp3) is 0. The largest absolute Gasteiger partial charge is 0.256 e. The maximum atomic E-state index is 5.38. The number of aromatic nitrogens is 4. The Labute approximate surface area is 313 Å². The van der Waals surface area contributed by atoms with Crippen molar-refractivity contribution in [2.75, 3.05) is 0 Å². The number of nitrogens with zero attached hydrogens (tertiary/aromatic N) is 4. The van der Waals surface area contributed by atoms with E-state index in [1.54, 1.807) is 0 Å². The van der Waals surface area contributed by atoms with E-state index in [1.165, 1.54) is 32.7 Å². The van der Waals surface area contributed by atoms with E-state index in [1.807, 2.05) is 48.8 Å². The van der Waals surface area contributed by atoms with Gasteiger partial charge in [-0.1, -0.05) is 152 Å². The van der Waals surface area contributed by atoms with Gasteiger partial charge in [-0.15, -0.1) is 0 Å². The normalized spacial score (nSPS) is 11.3. The highest BCUT2D eigenvalue weighted by atomic mass is 14.9. The summed E-state index contributed by atoms with van der Waals surface area (Å²) in [4.78, 5) is 19.7. The van der Waals surface area contributed by atoms with Crippen LogP contribution in [0.15, 0.2) is 194 Å². The Balaban J connectivity index is 1.21. The smallest absolute Gasteiger partial charge is 0.160 e. The Morgan fingerprint density at radius 1 is 0.296 bits per heavy atom. The Morgan fingerprint density at radius 2 is 0.741 bits per heavy atom.